The Morgan fingerprint density at radius 1 is 0.848 bits per heavy atom. The molecule has 0 heterocycles. The van der Waals surface area contributed by atoms with Gasteiger partial charge in [0.15, 0.2) is 6.61 Å². The molecule has 6 nitrogen and oxygen atoms in total. The Kier molecular flexibility index (Phi) is 7.43. The number of nitrogens with one attached hydrogen (secondary N) is 2. The summed E-state index contributed by atoms with van der Waals surface area (Å²) >= 11 is 0. The van der Waals surface area contributed by atoms with E-state index in [-0.39, 0.29) is 17.4 Å². The van der Waals surface area contributed by atoms with E-state index in [1.54, 1.807) is 25.1 Å². The van der Waals surface area contributed by atoms with Gasteiger partial charge >= 0.3 is 0 Å². The summed E-state index contributed by atoms with van der Waals surface area (Å²) in [6.45, 7) is 9.69. The van der Waals surface area contributed by atoms with E-state index >= 15 is 0 Å². The van der Waals surface area contributed by atoms with Gasteiger partial charge in [0.2, 0.25) is 0 Å². The molecule has 0 unspecified atom stereocenters. The van der Waals surface area contributed by atoms with Crippen LogP contribution in [0.1, 0.15) is 42.0 Å². The van der Waals surface area contributed by atoms with Crippen LogP contribution < -0.4 is 14.8 Å². The molecule has 0 bridgehead atoms. The number of benzene rings is 3. The molecular weight excluding hydrogens is 436 g/mol. The second-order valence-corrected chi connectivity index (χ2v) is 10.1. The number of hydrogen-bond acceptors (Lipinski definition) is 4. The van der Waals surface area contributed by atoms with Crippen LogP contribution >= 0.6 is 0 Å². The summed E-state index contributed by atoms with van der Waals surface area (Å²) in [5, 5.41) is 2.80. The quantitative estimate of drug-likeness (QED) is 0.456. The van der Waals surface area contributed by atoms with Crippen molar-refractivity contribution in [2.75, 3.05) is 16.6 Å². The summed E-state index contributed by atoms with van der Waals surface area (Å²) in [4.78, 5) is 12.4. The van der Waals surface area contributed by atoms with Crippen LogP contribution in [0.25, 0.3) is 0 Å². The highest BCUT2D eigenvalue weighted by molar-refractivity contribution is 7.92. The van der Waals surface area contributed by atoms with Gasteiger partial charge in [-0.3, -0.25) is 9.52 Å². The minimum absolute atomic E-state index is 0.125. The molecule has 3 rings (SSSR count). The summed E-state index contributed by atoms with van der Waals surface area (Å²) < 4.78 is 33.8. The highest BCUT2D eigenvalue weighted by atomic mass is 32.2. The fraction of sp³-hybridized carbons (Fsp3) is 0.269. The monoisotopic (exact) mass is 466 g/mol. The van der Waals surface area contributed by atoms with Crippen molar-refractivity contribution in [2.45, 2.75) is 45.4 Å². The Morgan fingerprint density at radius 2 is 1.52 bits per heavy atom. The highest BCUT2D eigenvalue weighted by Crippen LogP contribution is 2.24. The molecule has 0 atom stereocenters. The lowest BCUT2D eigenvalue weighted by Gasteiger charge is -2.13. The largest absolute Gasteiger partial charge is 0.483 e. The fourth-order valence-electron chi connectivity index (χ4n) is 3.26. The second-order valence-electron chi connectivity index (χ2n) is 8.45. The normalized spacial score (nSPS) is 11.3. The van der Waals surface area contributed by atoms with E-state index in [0.717, 1.165) is 11.1 Å². The molecule has 0 saturated carbocycles. The van der Waals surface area contributed by atoms with Crippen molar-refractivity contribution in [1.29, 1.82) is 0 Å². The molecule has 0 aliphatic rings. The van der Waals surface area contributed by atoms with Gasteiger partial charge in [0.1, 0.15) is 5.75 Å². The highest BCUT2D eigenvalue weighted by Gasteiger charge is 2.16. The molecule has 0 aromatic heterocycles. The van der Waals surface area contributed by atoms with Gasteiger partial charge in [-0.2, -0.15) is 0 Å². The smallest absolute Gasteiger partial charge is 0.262 e. The van der Waals surface area contributed by atoms with E-state index in [0.29, 0.717) is 28.6 Å². The van der Waals surface area contributed by atoms with Crippen molar-refractivity contribution in [2.24, 2.45) is 0 Å². The maximum atomic E-state index is 12.8. The van der Waals surface area contributed by atoms with Gasteiger partial charge < -0.3 is 10.1 Å². The Balaban J connectivity index is 1.62. The van der Waals surface area contributed by atoms with Crippen molar-refractivity contribution in [1.82, 2.24) is 0 Å². The number of rotatable bonds is 8. The predicted octanol–water partition coefficient (Wildman–Crippen LogP) is 5.55. The molecule has 33 heavy (non-hydrogen) atoms. The maximum absolute atomic E-state index is 12.8. The van der Waals surface area contributed by atoms with E-state index in [4.69, 9.17) is 4.74 Å². The minimum atomic E-state index is -3.75. The molecule has 7 heteroatoms. The number of carbonyl (C=O) groups is 1. The number of hydrogen-bond donors (Lipinski definition) is 2. The molecule has 0 radical (unpaired) electrons. The first-order valence-electron chi connectivity index (χ1n) is 10.8. The number of amides is 1. The molecule has 0 aliphatic heterocycles. The molecule has 3 aromatic rings. The van der Waals surface area contributed by atoms with Gasteiger partial charge in [-0.05, 0) is 91.4 Å². The van der Waals surface area contributed by atoms with Crippen molar-refractivity contribution >= 4 is 27.3 Å². The zero-order valence-electron chi connectivity index (χ0n) is 19.6. The number of sulfonamides is 1. The van der Waals surface area contributed by atoms with Crippen LogP contribution in [0.5, 0.6) is 5.75 Å². The first-order valence-corrected chi connectivity index (χ1v) is 12.3. The summed E-state index contributed by atoms with van der Waals surface area (Å²) in [6.07, 6.45) is 0. The van der Waals surface area contributed by atoms with Crippen LogP contribution in [-0.4, -0.2) is 20.9 Å². The molecule has 0 saturated heterocycles. The zero-order chi connectivity index (χ0) is 24.2. The van der Waals surface area contributed by atoms with Gasteiger partial charge in [0.25, 0.3) is 15.9 Å². The van der Waals surface area contributed by atoms with Crippen LogP contribution in [0.2, 0.25) is 0 Å². The lowest BCUT2D eigenvalue weighted by atomic mass is 10.0. The average molecular weight is 467 g/mol. The van der Waals surface area contributed by atoms with Gasteiger partial charge in [-0.1, -0.05) is 32.0 Å². The standard InChI is InChI=1S/C26H30N2O4S/c1-17(2)21-7-10-22(11-8-21)27-26(29)16-32-25-13-12-24(15-20(25)5)33(30,31)28-23-9-6-18(3)19(4)14-23/h6-15,17,28H,16H2,1-5H3,(H,27,29). The topological polar surface area (TPSA) is 84.5 Å². The molecular formula is C26H30N2O4S. The third-order valence-electron chi connectivity index (χ3n) is 5.44. The number of aryl methyl sites for hydroxylation is 3. The van der Waals surface area contributed by atoms with Crippen molar-refractivity contribution in [3.63, 3.8) is 0 Å². The summed E-state index contributed by atoms with van der Waals surface area (Å²) in [7, 11) is -3.75. The Bertz CT molecular complexity index is 1250. The van der Waals surface area contributed by atoms with E-state index in [1.807, 2.05) is 44.2 Å². The Hall–Kier alpha value is -3.32. The third-order valence-corrected chi connectivity index (χ3v) is 6.81. The van der Waals surface area contributed by atoms with Crippen molar-refractivity contribution in [3.8, 4) is 5.75 Å². The SMILES string of the molecule is Cc1ccc(NS(=O)(=O)c2ccc(OCC(=O)Nc3ccc(C(C)C)cc3)c(C)c2)cc1C. The summed E-state index contributed by atoms with van der Waals surface area (Å²) in [5.41, 5.74) is 5.11. The van der Waals surface area contributed by atoms with Gasteiger partial charge in [-0.25, -0.2) is 8.42 Å². The van der Waals surface area contributed by atoms with Crippen LogP contribution in [-0.2, 0) is 14.8 Å². The first kappa shape index (κ1) is 24.3. The van der Waals surface area contributed by atoms with Crippen molar-refractivity contribution in [3.05, 3.63) is 82.9 Å². The lowest BCUT2D eigenvalue weighted by Crippen LogP contribution is -2.20. The number of anilines is 2. The molecule has 2 N–H and O–H groups in total. The molecule has 3 aromatic carbocycles. The lowest BCUT2D eigenvalue weighted by molar-refractivity contribution is -0.118. The van der Waals surface area contributed by atoms with Crippen LogP contribution in [0.4, 0.5) is 11.4 Å². The first-order chi connectivity index (χ1) is 15.5. The summed E-state index contributed by atoms with van der Waals surface area (Å²) in [6, 6.07) is 17.7. The van der Waals surface area contributed by atoms with E-state index < -0.39 is 10.0 Å². The van der Waals surface area contributed by atoms with Gasteiger partial charge in [0.05, 0.1) is 4.90 Å². The molecule has 1 amide bonds. The van der Waals surface area contributed by atoms with Crippen molar-refractivity contribution < 1.29 is 17.9 Å². The number of carbonyl (C=O) groups excluding carboxylic acids is 1. The molecule has 0 spiro atoms. The van der Waals surface area contributed by atoms with E-state index in [9.17, 15) is 13.2 Å². The second kappa shape index (κ2) is 10.1. The summed E-state index contributed by atoms with van der Waals surface area (Å²) in [5.74, 6) is 0.578. The average Bonchev–Trinajstić information content (AvgIpc) is 2.75. The van der Waals surface area contributed by atoms with E-state index in [2.05, 4.69) is 23.9 Å². The van der Waals surface area contributed by atoms with Gasteiger partial charge in [0, 0.05) is 11.4 Å². The molecule has 174 valence electrons. The Labute approximate surface area is 196 Å². The predicted molar refractivity (Wildman–Crippen MR) is 133 cm³/mol. The zero-order valence-corrected chi connectivity index (χ0v) is 20.4. The van der Waals surface area contributed by atoms with Crippen LogP contribution in [0, 0.1) is 20.8 Å². The number of ether oxygens (including phenoxy) is 1. The van der Waals surface area contributed by atoms with E-state index in [1.165, 1.54) is 17.7 Å². The molecule has 0 aliphatic carbocycles. The van der Waals surface area contributed by atoms with Crippen LogP contribution in [0.3, 0.4) is 0 Å². The molecule has 0 fully saturated rings. The Morgan fingerprint density at radius 3 is 2.12 bits per heavy atom. The van der Waals surface area contributed by atoms with Crippen LogP contribution in [0.15, 0.2) is 65.6 Å². The van der Waals surface area contributed by atoms with Gasteiger partial charge in [-0.15, -0.1) is 0 Å². The fourth-order valence-corrected chi connectivity index (χ4v) is 4.40. The minimum Gasteiger partial charge on any atom is -0.483 e. The third kappa shape index (κ3) is 6.35. The maximum Gasteiger partial charge on any atom is 0.262 e.